The summed E-state index contributed by atoms with van der Waals surface area (Å²) in [5, 5.41) is 13.4. The maximum absolute atomic E-state index is 12.5. The summed E-state index contributed by atoms with van der Waals surface area (Å²) < 4.78 is 23.9. The number of nitrogens with one attached hydrogen (secondary N) is 2. The van der Waals surface area contributed by atoms with Crippen LogP contribution in [0.2, 0.25) is 5.02 Å². The van der Waals surface area contributed by atoms with Gasteiger partial charge in [0.15, 0.2) is 9.84 Å². The number of hydrogen-bond acceptors (Lipinski definition) is 4. The molecule has 0 aliphatic carbocycles. The van der Waals surface area contributed by atoms with E-state index in [-0.39, 0.29) is 32.8 Å². The molecule has 0 radical (unpaired) electrons. The van der Waals surface area contributed by atoms with Gasteiger partial charge in [0.1, 0.15) is 11.4 Å². The zero-order chi connectivity index (χ0) is 18.2. The number of carbonyl (C=O) groups excluding carboxylic acids is 1. The van der Waals surface area contributed by atoms with Gasteiger partial charge in [0, 0.05) is 10.9 Å². The van der Waals surface area contributed by atoms with E-state index >= 15 is 0 Å². The van der Waals surface area contributed by atoms with Crippen LogP contribution < -0.4 is 5.32 Å². The Morgan fingerprint density at radius 3 is 2.64 bits per heavy atom. The van der Waals surface area contributed by atoms with Crippen LogP contribution in [0.1, 0.15) is 17.4 Å². The second-order valence-electron chi connectivity index (χ2n) is 5.40. The second-order valence-corrected chi connectivity index (χ2v) is 8.05. The average Bonchev–Trinajstić information content (AvgIpc) is 2.94. The van der Waals surface area contributed by atoms with Crippen molar-refractivity contribution < 1.29 is 18.3 Å². The number of H-pyrrole nitrogens is 1. The van der Waals surface area contributed by atoms with Crippen LogP contribution in [0.15, 0.2) is 47.4 Å². The van der Waals surface area contributed by atoms with Gasteiger partial charge in [0.2, 0.25) is 0 Å². The van der Waals surface area contributed by atoms with Crippen molar-refractivity contribution in [1.29, 1.82) is 0 Å². The summed E-state index contributed by atoms with van der Waals surface area (Å²) in [5.74, 6) is -0.905. The number of carbonyl (C=O) groups is 1. The van der Waals surface area contributed by atoms with Crippen molar-refractivity contribution >= 4 is 43.9 Å². The Balaban J connectivity index is 1.97. The summed E-state index contributed by atoms with van der Waals surface area (Å²) in [6, 6.07) is 10.9. The van der Waals surface area contributed by atoms with Crippen molar-refractivity contribution in [1.82, 2.24) is 4.98 Å². The number of amides is 1. The van der Waals surface area contributed by atoms with Gasteiger partial charge in [0.25, 0.3) is 5.91 Å². The van der Waals surface area contributed by atoms with Crippen LogP contribution in [0.25, 0.3) is 10.9 Å². The molecule has 1 amide bonds. The lowest BCUT2D eigenvalue weighted by molar-refractivity contribution is 0.102. The molecule has 1 aromatic heterocycles. The van der Waals surface area contributed by atoms with Gasteiger partial charge in [-0.1, -0.05) is 36.7 Å². The lowest BCUT2D eigenvalue weighted by Gasteiger charge is -2.09. The molecule has 8 heteroatoms. The maximum atomic E-state index is 12.5. The van der Waals surface area contributed by atoms with Crippen molar-refractivity contribution in [3.63, 3.8) is 0 Å². The van der Waals surface area contributed by atoms with Gasteiger partial charge in [-0.05, 0) is 24.3 Å². The Morgan fingerprint density at radius 1 is 1.24 bits per heavy atom. The lowest BCUT2D eigenvalue weighted by atomic mass is 10.2. The molecule has 0 saturated carbocycles. The SMILES string of the molecule is CCS(=O)(=O)c1ccc(O)c(NC(=O)c2[nH]c3ccccc3c2Cl)c1. The summed E-state index contributed by atoms with van der Waals surface area (Å²) in [6.07, 6.45) is 0. The Kier molecular flexibility index (Phi) is 4.45. The van der Waals surface area contributed by atoms with Gasteiger partial charge < -0.3 is 15.4 Å². The van der Waals surface area contributed by atoms with Crippen molar-refractivity contribution in [3.05, 3.63) is 53.2 Å². The van der Waals surface area contributed by atoms with Crippen LogP contribution in [0.5, 0.6) is 5.75 Å². The third-order valence-electron chi connectivity index (χ3n) is 3.83. The number of rotatable bonds is 4. The van der Waals surface area contributed by atoms with Crippen LogP contribution in [-0.4, -0.2) is 30.2 Å². The van der Waals surface area contributed by atoms with Gasteiger partial charge in [-0.3, -0.25) is 4.79 Å². The molecule has 0 unspecified atom stereocenters. The van der Waals surface area contributed by atoms with E-state index in [1.807, 2.05) is 6.07 Å². The van der Waals surface area contributed by atoms with E-state index in [1.165, 1.54) is 25.1 Å². The zero-order valence-electron chi connectivity index (χ0n) is 13.2. The Hall–Kier alpha value is -2.51. The van der Waals surface area contributed by atoms with Crippen LogP contribution >= 0.6 is 11.6 Å². The molecule has 0 aliphatic rings. The van der Waals surface area contributed by atoms with Gasteiger partial charge >= 0.3 is 0 Å². The number of benzene rings is 2. The number of phenols is 1. The highest BCUT2D eigenvalue weighted by atomic mass is 35.5. The van der Waals surface area contributed by atoms with Crippen molar-refractivity contribution in [3.8, 4) is 5.75 Å². The normalized spacial score (nSPS) is 11.6. The molecule has 0 spiro atoms. The van der Waals surface area contributed by atoms with E-state index < -0.39 is 15.7 Å². The third-order valence-corrected chi connectivity index (χ3v) is 5.95. The Bertz CT molecular complexity index is 1070. The number of fused-ring (bicyclic) bond motifs is 1. The first kappa shape index (κ1) is 17.3. The number of sulfone groups is 1. The summed E-state index contributed by atoms with van der Waals surface area (Å²) in [4.78, 5) is 15.4. The second kappa shape index (κ2) is 6.42. The Morgan fingerprint density at radius 2 is 1.96 bits per heavy atom. The number of aromatic amines is 1. The number of aromatic nitrogens is 1. The van der Waals surface area contributed by atoms with Crippen LogP contribution in [0.4, 0.5) is 5.69 Å². The summed E-state index contributed by atoms with van der Waals surface area (Å²) in [7, 11) is -3.46. The maximum Gasteiger partial charge on any atom is 0.273 e. The van der Waals surface area contributed by atoms with Crippen LogP contribution in [0, 0.1) is 0 Å². The van der Waals surface area contributed by atoms with E-state index in [2.05, 4.69) is 10.3 Å². The van der Waals surface area contributed by atoms with E-state index in [4.69, 9.17) is 11.6 Å². The number of para-hydroxylation sites is 1. The molecule has 0 aliphatic heterocycles. The topological polar surface area (TPSA) is 99.3 Å². The highest BCUT2D eigenvalue weighted by Gasteiger charge is 2.19. The smallest absolute Gasteiger partial charge is 0.273 e. The fraction of sp³-hybridized carbons (Fsp3) is 0.118. The molecular formula is C17H15ClN2O4S. The average molecular weight is 379 g/mol. The highest BCUT2D eigenvalue weighted by Crippen LogP contribution is 2.30. The molecule has 1 heterocycles. The van der Waals surface area contributed by atoms with Crippen molar-refractivity contribution in [2.24, 2.45) is 0 Å². The number of halogens is 1. The minimum atomic E-state index is -3.46. The molecule has 3 aromatic rings. The van der Waals surface area contributed by atoms with E-state index in [1.54, 1.807) is 18.2 Å². The van der Waals surface area contributed by atoms with Gasteiger partial charge in [-0.2, -0.15) is 0 Å². The first-order valence-electron chi connectivity index (χ1n) is 7.47. The molecule has 25 heavy (non-hydrogen) atoms. The lowest BCUT2D eigenvalue weighted by Crippen LogP contribution is -2.13. The summed E-state index contributed by atoms with van der Waals surface area (Å²) in [5.41, 5.74) is 0.824. The summed E-state index contributed by atoms with van der Waals surface area (Å²) >= 11 is 6.23. The predicted molar refractivity (Wildman–Crippen MR) is 97.1 cm³/mol. The number of anilines is 1. The fourth-order valence-corrected chi connectivity index (χ4v) is 3.63. The van der Waals surface area contributed by atoms with Gasteiger partial charge in [-0.15, -0.1) is 0 Å². The van der Waals surface area contributed by atoms with E-state index in [0.717, 1.165) is 0 Å². The third kappa shape index (κ3) is 3.20. The van der Waals surface area contributed by atoms with Gasteiger partial charge in [-0.25, -0.2) is 8.42 Å². The molecule has 6 nitrogen and oxygen atoms in total. The number of hydrogen-bond donors (Lipinski definition) is 3. The molecule has 0 fully saturated rings. The van der Waals surface area contributed by atoms with Crippen molar-refractivity contribution in [2.75, 3.05) is 11.1 Å². The minimum Gasteiger partial charge on any atom is -0.506 e. The van der Waals surface area contributed by atoms with Gasteiger partial charge in [0.05, 0.1) is 21.4 Å². The van der Waals surface area contributed by atoms with E-state index in [9.17, 15) is 18.3 Å². The van der Waals surface area contributed by atoms with Crippen molar-refractivity contribution in [2.45, 2.75) is 11.8 Å². The first-order chi connectivity index (χ1) is 11.8. The standard InChI is InChI=1S/C17H15ClN2O4S/c1-2-25(23,24)10-7-8-14(21)13(9-10)20-17(22)16-15(18)11-5-3-4-6-12(11)19-16/h3-9,19,21H,2H2,1H3,(H,20,22). The monoisotopic (exact) mass is 378 g/mol. The number of aromatic hydroxyl groups is 1. The molecule has 3 rings (SSSR count). The highest BCUT2D eigenvalue weighted by molar-refractivity contribution is 7.91. The summed E-state index contributed by atoms with van der Waals surface area (Å²) in [6.45, 7) is 1.52. The predicted octanol–water partition coefficient (Wildman–Crippen LogP) is 3.57. The van der Waals surface area contributed by atoms with E-state index in [0.29, 0.717) is 10.9 Å². The molecule has 130 valence electrons. The minimum absolute atomic E-state index is 0.00533. The number of phenolic OH excluding ortho intramolecular Hbond substituents is 1. The largest absolute Gasteiger partial charge is 0.506 e. The molecular weight excluding hydrogens is 364 g/mol. The first-order valence-corrected chi connectivity index (χ1v) is 9.50. The molecule has 0 bridgehead atoms. The fourth-order valence-electron chi connectivity index (χ4n) is 2.42. The quantitative estimate of drug-likeness (QED) is 0.604. The Labute approximate surface area is 149 Å². The zero-order valence-corrected chi connectivity index (χ0v) is 14.8. The molecule has 0 saturated heterocycles. The van der Waals surface area contributed by atoms with Crippen LogP contribution in [-0.2, 0) is 9.84 Å². The molecule has 3 N–H and O–H groups in total. The molecule has 2 aromatic carbocycles. The molecule has 0 atom stereocenters. The van der Waals surface area contributed by atoms with Crippen LogP contribution in [0.3, 0.4) is 0 Å².